The molecule has 5 atom stereocenters. The normalized spacial score (nSPS) is 39.0. The SMILES string of the molecule is C=C1C(=CC=C2CCC[C@]3(C)C(C(C)C[B]O)=CCC23)CC(O)C[C@@H]1F. The molecule has 4 heteroatoms. The maximum atomic E-state index is 14.0. The van der Waals surface area contributed by atoms with Crippen molar-refractivity contribution in [1.82, 2.24) is 0 Å². The van der Waals surface area contributed by atoms with Crippen molar-refractivity contribution in [3.63, 3.8) is 0 Å². The lowest BCUT2D eigenvalue weighted by molar-refractivity contribution is 0.124. The molecular formula is C22H31BFO2. The van der Waals surface area contributed by atoms with Gasteiger partial charge in [0.05, 0.1) is 6.10 Å². The summed E-state index contributed by atoms with van der Waals surface area (Å²) in [5.41, 5.74) is 4.46. The Labute approximate surface area is 157 Å². The van der Waals surface area contributed by atoms with Gasteiger partial charge in [0.15, 0.2) is 0 Å². The number of halogens is 1. The third kappa shape index (κ3) is 3.64. The van der Waals surface area contributed by atoms with Crippen LogP contribution in [0.3, 0.4) is 0 Å². The monoisotopic (exact) mass is 357 g/mol. The van der Waals surface area contributed by atoms with Crippen molar-refractivity contribution in [2.75, 3.05) is 0 Å². The zero-order chi connectivity index (χ0) is 18.9. The van der Waals surface area contributed by atoms with Crippen LogP contribution in [0.15, 0.2) is 47.1 Å². The Balaban J connectivity index is 1.81. The van der Waals surface area contributed by atoms with Crippen molar-refractivity contribution in [2.24, 2.45) is 17.3 Å². The molecule has 0 amide bonds. The van der Waals surface area contributed by atoms with Gasteiger partial charge in [0, 0.05) is 6.42 Å². The van der Waals surface area contributed by atoms with Gasteiger partial charge < -0.3 is 10.1 Å². The van der Waals surface area contributed by atoms with Crippen LogP contribution >= 0.6 is 0 Å². The molecule has 2 fully saturated rings. The Morgan fingerprint density at radius 3 is 2.96 bits per heavy atom. The fraction of sp³-hybridized carbons (Fsp3) is 0.636. The van der Waals surface area contributed by atoms with Crippen LogP contribution < -0.4 is 0 Å². The van der Waals surface area contributed by atoms with Crippen molar-refractivity contribution in [3.8, 4) is 0 Å². The first-order valence-corrected chi connectivity index (χ1v) is 9.94. The predicted octanol–water partition coefficient (Wildman–Crippen LogP) is 4.69. The lowest BCUT2D eigenvalue weighted by Gasteiger charge is -2.42. The maximum Gasteiger partial charge on any atom is 0.287 e. The third-order valence-electron chi connectivity index (χ3n) is 6.82. The topological polar surface area (TPSA) is 40.5 Å². The summed E-state index contributed by atoms with van der Waals surface area (Å²) in [4.78, 5) is 0. The largest absolute Gasteiger partial charge is 0.454 e. The molecule has 0 aromatic heterocycles. The number of aliphatic hydroxyl groups is 1. The molecule has 26 heavy (non-hydrogen) atoms. The predicted molar refractivity (Wildman–Crippen MR) is 106 cm³/mol. The zero-order valence-corrected chi connectivity index (χ0v) is 16.0. The van der Waals surface area contributed by atoms with Crippen molar-refractivity contribution >= 4 is 7.48 Å². The summed E-state index contributed by atoms with van der Waals surface area (Å²) in [6.07, 6.45) is 10.7. The Morgan fingerprint density at radius 1 is 1.46 bits per heavy atom. The summed E-state index contributed by atoms with van der Waals surface area (Å²) in [5.74, 6) is 0.862. The molecule has 3 aliphatic rings. The summed E-state index contributed by atoms with van der Waals surface area (Å²) >= 11 is 0. The van der Waals surface area contributed by atoms with Crippen LogP contribution in [0, 0.1) is 17.3 Å². The first-order chi connectivity index (χ1) is 12.4. The second-order valence-corrected chi connectivity index (χ2v) is 8.56. The van der Waals surface area contributed by atoms with Gasteiger partial charge in [0.1, 0.15) is 6.17 Å². The Kier molecular flexibility index (Phi) is 5.93. The minimum Gasteiger partial charge on any atom is -0.454 e. The summed E-state index contributed by atoms with van der Waals surface area (Å²) in [5, 5.41) is 19.1. The highest BCUT2D eigenvalue weighted by Crippen LogP contribution is 2.56. The van der Waals surface area contributed by atoms with E-state index >= 15 is 0 Å². The van der Waals surface area contributed by atoms with Gasteiger partial charge in [-0.1, -0.05) is 49.8 Å². The van der Waals surface area contributed by atoms with E-state index < -0.39 is 12.3 Å². The molecule has 0 bridgehead atoms. The number of rotatable bonds is 4. The Bertz CT molecular complexity index is 651. The number of alkyl halides is 1. The fourth-order valence-electron chi connectivity index (χ4n) is 5.33. The lowest BCUT2D eigenvalue weighted by Crippen LogP contribution is -2.32. The molecule has 0 aliphatic heterocycles. The number of hydrogen-bond acceptors (Lipinski definition) is 2. The summed E-state index contributed by atoms with van der Waals surface area (Å²) in [7, 11) is 1.28. The van der Waals surface area contributed by atoms with E-state index in [1.54, 1.807) is 0 Å². The number of hydrogen-bond donors (Lipinski definition) is 2. The van der Waals surface area contributed by atoms with Crippen LogP contribution in [0.25, 0.3) is 0 Å². The number of fused-ring (bicyclic) bond motifs is 1. The fourth-order valence-corrected chi connectivity index (χ4v) is 5.33. The lowest BCUT2D eigenvalue weighted by atomic mass is 9.61. The quantitative estimate of drug-likeness (QED) is 0.566. The van der Waals surface area contributed by atoms with Gasteiger partial charge >= 0.3 is 0 Å². The Morgan fingerprint density at radius 2 is 2.23 bits per heavy atom. The van der Waals surface area contributed by atoms with Crippen LogP contribution in [0.4, 0.5) is 4.39 Å². The van der Waals surface area contributed by atoms with E-state index in [1.165, 1.54) is 25.0 Å². The molecule has 2 saturated carbocycles. The number of allylic oxidation sites excluding steroid dienone is 6. The van der Waals surface area contributed by atoms with E-state index in [0.29, 0.717) is 30.1 Å². The van der Waals surface area contributed by atoms with Gasteiger partial charge in [-0.25, -0.2) is 4.39 Å². The first-order valence-electron chi connectivity index (χ1n) is 9.94. The van der Waals surface area contributed by atoms with Gasteiger partial charge in [-0.05, 0) is 66.8 Å². The van der Waals surface area contributed by atoms with E-state index in [-0.39, 0.29) is 11.8 Å². The minimum atomic E-state index is -1.13. The van der Waals surface area contributed by atoms with Crippen LogP contribution in [0.2, 0.25) is 6.32 Å². The molecule has 0 aromatic rings. The van der Waals surface area contributed by atoms with E-state index in [1.807, 2.05) is 6.08 Å². The highest BCUT2D eigenvalue weighted by atomic mass is 19.1. The average Bonchev–Trinajstić information content (AvgIpc) is 2.94. The van der Waals surface area contributed by atoms with Crippen LogP contribution in [0.1, 0.15) is 52.4 Å². The molecule has 3 rings (SSSR count). The van der Waals surface area contributed by atoms with E-state index in [4.69, 9.17) is 0 Å². The first kappa shape index (κ1) is 19.6. The molecule has 0 spiro atoms. The van der Waals surface area contributed by atoms with Gasteiger partial charge in [-0.15, -0.1) is 0 Å². The molecule has 1 radical (unpaired) electrons. The summed E-state index contributed by atoms with van der Waals surface area (Å²) in [6, 6.07) is 0. The molecular weight excluding hydrogens is 326 g/mol. The zero-order valence-electron chi connectivity index (χ0n) is 16.0. The standard InChI is InChI=1S/C22H31BFO2/c1-14(13-23-26)19-8-9-20-16(5-4-10-22(19,20)3)6-7-17-11-18(25)12-21(24)15(17)2/h6-8,14,18,20-21,25-26H,2,4-5,9-13H2,1,3H3/t14?,18?,20?,21-,22+/m0/s1. The van der Waals surface area contributed by atoms with Crippen LogP contribution in [-0.4, -0.2) is 29.9 Å². The molecule has 3 unspecified atom stereocenters. The van der Waals surface area contributed by atoms with Crippen molar-refractivity contribution in [3.05, 3.63) is 47.1 Å². The molecule has 0 saturated heterocycles. The van der Waals surface area contributed by atoms with E-state index in [9.17, 15) is 14.5 Å². The molecule has 141 valence electrons. The highest BCUT2D eigenvalue weighted by Gasteiger charge is 2.45. The van der Waals surface area contributed by atoms with Gasteiger partial charge in [-0.2, -0.15) is 0 Å². The third-order valence-corrected chi connectivity index (χ3v) is 6.82. The van der Waals surface area contributed by atoms with Gasteiger partial charge in [-0.3, -0.25) is 0 Å². The maximum absolute atomic E-state index is 14.0. The Hall–Kier alpha value is -1.13. The van der Waals surface area contributed by atoms with Crippen LogP contribution in [-0.2, 0) is 0 Å². The van der Waals surface area contributed by atoms with Gasteiger partial charge in [0.2, 0.25) is 0 Å². The molecule has 3 aliphatic carbocycles. The smallest absolute Gasteiger partial charge is 0.287 e. The van der Waals surface area contributed by atoms with E-state index in [2.05, 4.69) is 32.6 Å². The second kappa shape index (κ2) is 7.86. The van der Waals surface area contributed by atoms with Crippen molar-refractivity contribution < 1.29 is 14.5 Å². The van der Waals surface area contributed by atoms with E-state index in [0.717, 1.165) is 24.8 Å². The molecule has 0 aromatic carbocycles. The summed E-state index contributed by atoms with van der Waals surface area (Å²) < 4.78 is 14.0. The highest BCUT2D eigenvalue weighted by molar-refractivity contribution is 6.25. The summed E-state index contributed by atoms with van der Waals surface area (Å²) in [6.45, 7) is 8.45. The van der Waals surface area contributed by atoms with Gasteiger partial charge in [0.25, 0.3) is 7.48 Å². The average molecular weight is 357 g/mol. The molecule has 0 heterocycles. The molecule has 2 nitrogen and oxygen atoms in total. The van der Waals surface area contributed by atoms with Crippen LogP contribution in [0.5, 0.6) is 0 Å². The van der Waals surface area contributed by atoms with Crippen molar-refractivity contribution in [2.45, 2.75) is 71.0 Å². The van der Waals surface area contributed by atoms with Crippen molar-refractivity contribution in [1.29, 1.82) is 0 Å². The number of aliphatic hydroxyl groups excluding tert-OH is 1. The second-order valence-electron chi connectivity index (χ2n) is 8.56. The molecule has 2 N–H and O–H groups in total. The minimum absolute atomic E-state index is 0.163.